The van der Waals surface area contributed by atoms with Crippen LogP contribution in [0.3, 0.4) is 0 Å². The van der Waals surface area contributed by atoms with Crippen molar-refractivity contribution in [3.63, 3.8) is 0 Å². The Morgan fingerprint density at radius 2 is 2.46 bits per heavy atom. The van der Waals surface area contributed by atoms with Crippen molar-refractivity contribution in [2.24, 2.45) is 0 Å². The normalized spacial score (nSPS) is 28.5. The van der Waals surface area contributed by atoms with Gasteiger partial charge < -0.3 is 9.47 Å². The van der Waals surface area contributed by atoms with Crippen LogP contribution in [0.15, 0.2) is 0 Å². The van der Waals surface area contributed by atoms with Gasteiger partial charge in [0.1, 0.15) is 6.10 Å². The van der Waals surface area contributed by atoms with E-state index < -0.39 is 5.56 Å². The fraction of sp³-hybridized carbons (Fsp3) is 0.889. The molecule has 76 valence electrons. The summed E-state index contributed by atoms with van der Waals surface area (Å²) in [7, 11) is 0. The molecule has 2 atom stereocenters. The quantitative estimate of drug-likeness (QED) is 0.524. The molecule has 0 aromatic heterocycles. The number of alkyl halides is 1. The Morgan fingerprint density at radius 3 is 3.08 bits per heavy atom. The van der Waals surface area contributed by atoms with Crippen LogP contribution >= 0.6 is 11.6 Å². The summed E-state index contributed by atoms with van der Waals surface area (Å²) in [5.41, 5.74) is -0.463. The molecule has 0 spiro atoms. The van der Waals surface area contributed by atoms with Gasteiger partial charge in [-0.05, 0) is 19.3 Å². The van der Waals surface area contributed by atoms with Gasteiger partial charge in [-0.3, -0.25) is 4.79 Å². The summed E-state index contributed by atoms with van der Waals surface area (Å²) < 4.78 is 10.3. The van der Waals surface area contributed by atoms with Crippen LogP contribution in [-0.2, 0) is 14.3 Å². The van der Waals surface area contributed by atoms with Gasteiger partial charge in [-0.15, -0.1) is 0 Å². The van der Waals surface area contributed by atoms with Crippen molar-refractivity contribution in [2.45, 2.75) is 44.3 Å². The summed E-state index contributed by atoms with van der Waals surface area (Å²) in [5, 5.41) is 0. The van der Waals surface area contributed by atoms with E-state index in [0.717, 1.165) is 19.3 Å². The van der Waals surface area contributed by atoms with Crippen molar-refractivity contribution in [1.29, 1.82) is 0 Å². The summed E-state index contributed by atoms with van der Waals surface area (Å²) in [5.74, 6) is -0.177. The second kappa shape index (κ2) is 5.45. The Bertz CT molecular complexity index is 172. The van der Waals surface area contributed by atoms with Crippen molar-refractivity contribution in [2.75, 3.05) is 6.61 Å². The van der Waals surface area contributed by atoms with Crippen LogP contribution in [0.4, 0.5) is 0 Å². The SMILES string of the molecule is CCCC(=O)OC1CCCOC1Cl. The topological polar surface area (TPSA) is 35.5 Å². The minimum atomic E-state index is -0.463. The smallest absolute Gasteiger partial charge is 0.306 e. The lowest BCUT2D eigenvalue weighted by molar-refractivity contribution is -0.157. The van der Waals surface area contributed by atoms with Crippen LogP contribution in [0.1, 0.15) is 32.6 Å². The maximum atomic E-state index is 11.1. The van der Waals surface area contributed by atoms with Gasteiger partial charge in [0.2, 0.25) is 0 Å². The summed E-state index contributed by atoms with van der Waals surface area (Å²) >= 11 is 5.83. The van der Waals surface area contributed by atoms with E-state index in [0.29, 0.717) is 13.0 Å². The van der Waals surface area contributed by atoms with Crippen molar-refractivity contribution in [3.05, 3.63) is 0 Å². The van der Waals surface area contributed by atoms with Crippen molar-refractivity contribution in [3.8, 4) is 0 Å². The lowest BCUT2D eigenvalue weighted by atomic mass is 10.2. The number of halogens is 1. The van der Waals surface area contributed by atoms with Crippen molar-refractivity contribution in [1.82, 2.24) is 0 Å². The van der Waals surface area contributed by atoms with E-state index in [-0.39, 0.29) is 12.1 Å². The molecule has 1 heterocycles. The van der Waals surface area contributed by atoms with E-state index in [1.165, 1.54) is 0 Å². The first kappa shape index (κ1) is 10.8. The van der Waals surface area contributed by atoms with Gasteiger partial charge in [0, 0.05) is 13.0 Å². The van der Waals surface area contributed by atoms with E-state index >= 15 is 0 Å². The first-order valence-corrected chi connectivity index (χ1v) is 5.13. The number of carbonyl (C=O) groups is 1. The highest BCUT2D eigenvalue weighted by Crippen LogP contribution is 2.20. The largest absolute Gasteiger partial charge is 0.458 e. The maximum Gasteiger partial charge on any atom is 0.306 e. The zero-order chi connectivity index (χ0) is 9.68. The summed E-state index contributed by atoms with van der Waals surface area (Å²) in [6, 6.07) is 0. The van der Waals surface area contributed by atoms with Gasteiger partial charge in [0.05, 0.1) is 0 Å². The molecule has 1 aliphatic rings. The molecule has 1 rings (SSSR count). The predicted octanol–water partition coefficient (Wildman–Crippen LogP) is 2.07. The van der Waals surface area contributed by atoms with E-state index in [4.69, 9.17) is 21.1 Å². The molecule has 3 nitrogen and oxygen atoms in total. The molecule has 0 radical (unpaired) electrons. The number of ether oxygens (including phenoxy) is 2. The lowest BCUT2D eigenvalue weighted by Gasteiger charge is -2.26. The summed E-state index contributed by atoms with van der Waals surface area (Å²) in [6.45, 7) is 2.60. The van der Waals surface area contributed by atoms with Gasteiger partial charge in [-0.2, -0.15) is 0 Å². The Hall–Kier alpha value is -0.280. The third-order valence-corrected chi connectivity index (χ3v) is 2.35. The lowest BCUT2D eigenvalue weighted by Crippen LogP contribution is -2.33. The minimum Gasteiger partial charge on any atom is -0.458 e. The zero-order valence-electron chi connectivity index (χ0n) is 7.79. The third kappa shape index (κ3) is 3.53. The van der Waals surface area contributed by atoms with Crippen LogP contribution in [-0.4, -0.2) is 24.2 Å². The van der Waals surface area contributed by atoms with Crippen LogP contribution in [0.25, 0.3) is 0 Å². The molecule has 0 aromatic rings. The fourth-order valence-electron chi connectivity index (χ4n) is 1.26. The summed E-state index contributed by atoms with van der Waals surface area (Å²) in [4.78, 5) is 11.1. The van der Waals surface area contributed by atoms with Crippen LogP contribution in [0.2, 0.25) is 0 Å². The molecule has 0 N–H and O–H groups in total. The van der Waals surface area contributed by atoms with E-state index in [2.05, 4.69) is 0 Å². The molecular weight excluding hydrogens is 192 g/mol. The number of hydrogen-bond acceptors (Lipinski definition) is 3. The zero-order valence-corrected chi connectivity index (χ0v) is 8.55. The first-order chi connectivity index (χ1) is 6.24. The molecule has 0 aromatic carbocycles. The van der Waals surface area contributed by atoms with Gasteiger partial charge in [0.15, 0.2) is 5.56 Å². The molecule has 2 unspecified atom stereocenters. The van der Waals surface area contributed by atoms with Gasteiger partial charge in [-0.25, -0.2) is 0 Å². The first-order valence-electron chi connectivity index (χ1n) is 4.69. The Morgan fingerprint density at radius 1 is 1.69 bits per heavy atom. The average Bonchev–Trinajstić information content (AvgIpc) is 2.09. The predicted molar refractivity (Wildman–Crippen MR) is 49.6 cm³/mol. The number of rotatable bonds is 3. The molecule has 1 aliphatic heterocycles. The Kier molecular flexibility index (Phi) is 4.53. The van der Waals surface area contributed by atoms with Crippen LogP contribution in [0.5, 0.6) is 0 Å². The number of esters is 1. The molecule has 1 saturated heterocycles. The molecule has 0 saturated carbocycles. The average molecular weight is 207 g/mol. The van der Waals surface area contributed by atoms with E-state index in [1.54, 1.807) is 0 Å². The van der Waals surface area contributed by atoms with E-state index in [9.17, 15) is 4.79 Å². The maximum absolute atomic E-state index is 11.1. The van der Waals surface area contributed by atoms with Crippen LogP contribution < -0.4 is 0 Å². The third-order valence-electron chi connectivity index (χ3n) is 1.94. The van der Waals surface area contributed by atoms with Crippen molar-refractivity contribution < 1.29 is 14.3 Å². The molecular formula is C9H15ClO3. The minimum absolute atomic E-state index is 0.177. The van der Waals surface area contributed by atoms with Crippen LogP contribution in [0, 0.1) is 0 Å². The fourth-order valence-corrected chi connectivity index (χ4v) is 1.53. The second-order valence-corrected chi connectivity index (χ2v) is 3.57. The highest BCUT2D eigenvalue weighted by Gasteiger charge is 2.26. The molecule has 1 fully saturated rings. The van der Waals surface area contributed by atoms with E-state index in [1.807, 2.05) is 6.92 Å². The highest BCUT2D eigenvalue weighted by atomic mass is 35.5. The number of hydrogen-bond donors (Lipinski definition) is 0. The second-order valence-electron chi connectivity index (χ2n) is 3.14. The standard InChI is InChI=1S/C9H15ClO3/c1-2-4-8(11)13-7-5-3-6-12-9(7)10/h7,9H,2-6H2,1H3. The summed E-state index contributed by atoms with van der Waals surface area (Å²) in [6.07, 6.45) is 2.73. The Labute approximate surface area is 83.3 Å². The molecule has 0 bridgehead atoms. The monoisotopic (exact) mass is 206 g/mol. The van der Waals surface area contributed by atoms with Crippen molar-refractivity contribution >= 4 is 17.6 Å². The molecule has 4 heteroatoms. The van der Waals surface area contributed by atoms with Gasteiger partial charge >= 0.3 is 5.97 Å². The molecule has 0 aliphatic carbocycles. The Balaban J connectivity index is 2.29. The highest BCUT2D eigenvalue weighted by molar-refractivity contribution is 6.20. The molecule has 13 heavy (non-hydrogen) atoms. The van der Waals surface area contributed by atoms with Gasteiger partial charge in [0.25, 0.3) is 0 Å². The van der Waals surface area contributed by atoms with Gasteiger partial charge in [-0.1, -0.05) is 18.5 Å². The molecule has 0 amide bonds. The number of carbonyl (C=O) groups excluding carboxylic acids is 1.